The molecule has 3 amide bonds. The SMILES string of the molecule is CCCC[C@@H](NC(=O)CCCCCCN1C(=O)c2ccccc2C1=O)c1ccccc1. The van der Waals surface area contributed by atoms with E-state index in [0.29, 0.717) is 24.1 Å². The van der Waals surface area contributed by atoms with Crippen molar-refractivity contribution in [2.75, 3.05) is 6.54 Å². The van der Waals surface area contributed by atoms with Crippen LogP contribution in [0, 0.1) is 0 Å². The van der Waals surface area contributed by atoms with Gasteiger partial charge in [0, 0.05) is 13.0 Å². The first-order chi connectivity index (χ1) is 15.1. The van der Waals surface area contributed by atoms with E-state index in [4.69, 9.17) is 0 Å². The fourth-order valence-corrected chi connectivity index (χ4v) is 4.03. The smallest absolute Gasteiger partial charge is 0.261 e. The van der Waals surface area contributed by atoms with E-state index in [9.17, 15) is 14.4 Å². The molecule has 1 atom stereocenters. The number of carbonyl (C=O) groups excluding carboxylic acids is 3. The molecule has 31 heavy (non-hydrogen) atoms. The summed E-state index contributed by atoms with van der Waals surface area (Å²) >= 11 is 0. The van der Waals surface area contributed by atoms with Gasteiger partial charge in [-0.2, -0.15) is 0 Å². The minimum Gasteiger partial charge on any atom is -0.349 e. The third kappa shape index (κ3) is 6.03. The minimum atomic E-state index is -0.195. The largest absolute Gasteiger partial charge is 0.349 e. The molecule has 1 aliphatic rings. The number of nitrogens with one attached hydrogen (secondary N) is 1. The van der Waals surface area contributed by atoms with Gasteiger partial charge >= 0.3 is 0 Å². The van der Waals surface area contributed by atoms with Gasteiger partial charge in [0.1, 0.15) is 0 Å². The van der Waals surface area contributed by atoms with E-state index < -0.39 is 0 Å². The lowest BCUT2D eigenvalue weighted by Gasteiger charge is -2.19. The van der Waals surface area contributed by atoms with E-state index in [0.717, 1.165) is 50.5 Å². The normalized spacial score (nSPS) is 13.9. The van der Waals surface area contributed by atoms with Crippen LogP contribution in [0.15, 0.2) is 54.6 Å². The lowest BCUT2D eigenvalue weighted by Crippen LogP contribution is -2.30. The highest BCUT2D eigenvalue weighted by atomic mass is 16.2. The van der Waals surface area contributed by atoms with Gasteiger partial charge in [0.05, 0.1) is 17.2 Å². The van der Waals surface area contributed by atoms with Crippen molar-refractivity contribution in [3.63, 3.8) is 0 Å². The maximum Gasteiger partial charge on any atom is 0.261 e. The lowest BCUT2D eigenvalue weighted by atomic mass is 10.0. The van der Waals surface area contributed by atoms with Gasteiger partial charge in [0.25, 0.3) is 11.8 Å². The van der Waals surface area contributed by atoms with E-state index in [1.165, 1.54) is 4.90 Å². The molecule has 1 aliphatic heterocycles. The number of imide groups is 1. The van der Waals surface area contributed by atoms with Crippen molar-refractivity contribution < 1.29 is 14.4 Å². The molecule has 5 nitrogen and oxygen atoms in total. The standard InChI is InChI=1S/C26H32N2O3/c1-2-3-17-23(20-13-7-6-8-14-20)27-24(29)18-9-4-5-12-19-28-25(30)21-15-10-11-16-22(21)26(28)31/h6-8,10-11,13-16,23H,2-5,9,12,17-19H2,1H3,(H,27,29)/t23-/m1/s1. The van der Waals surface area contributed by atoms with Gasteiger partial charge in [-0.3, -0.25) is 19.3 Å². The highest BCUT2D eigenvalue weighted by Gasteiger charge is 2.34. The molecule has 1 heterocycles. The van der Waals surface area contributed by atoms with E-state index in [1.54, 1.807) is 24.3 Å². The zero-order valence-electron chi connectivity index (χ0n) is 18.3. The molecule has 0 radical (unpaired) electrons. The number of nitrogens with zero attached hydrogens (tertiary/aromatic N) is 1. The Kier molecular flexibility index (Phi) is 8.39. The molecule has 5 heteroatoms. The fraction of sp³-hybridized carbons (Fsp3) is 0.423. The van der Waals surface area contributed by atoms with Gasteiger partial charge in [-0.1, -0.05) is 75.1 Å². The maximum atomic E-state index is 12.4. The van der Waals surface area contributed by atoms with Crippen molar-refractivity contribution in [2.45, 2.75) is 64.3 Å². The van der Waals surface area contributed by atoms with E-state index in [1.807, 2.05) is 18.2 Å². The Morgan fingerprint density at radius 2 is 1.45 bits per heavy atom. The van der Waals surface area contributed by atoms with Gasteiger partial charge in [-0.15, -0.1) is 0 Å². The molecule has 0 spiro atoms. The number of unbranched alkanes of at least 4 members (excludes halogenated alkanes) is 4. The number of benzene rings is 2. The first-order valence-corrected chi connectivity index (χ1v) is 11.4. The molecule has 2 aromatic rings. The average molecular weight is 421 g/mol. The number of amides is 3. The van der Waals surface area contributed by atoms with Crippen molar-refractivity contribution >= 4 is 17.7 Å². The number of hydrogen-bond donors (Lipinski definition) is 1. The second kappa shape index (κ2) is 11.4. The molecule has 1 N–H and O–H groups in total. The topological polar surface area (TPSA) is 66.5 Å². The summed E-state index contributed by atoms with van der Waals surface area (Å²) in [5, 5.41) is 3.19. The molecule has 0 aliphatic carbocycles. The van der Waals surface area contributed by atoms with Gasteiger partial charge in [0.2, 0.25) is 5.91 Å². The summed E-state index contributed by atoms with van der Waals surface area (Å²) in [7, 11) is 0. The summed E-state index contributed by atoms with van der Waals surface area (Å²) in [5.74, 6) is -0.302. The molecular weight excluding hydrogens is 388 g/mol. The van der Waals surface area contributed by atoms with Crippen molar-refractivity contribution in [2.24, 2.45) is 0 Å². The summed E-state index contributed by atoms with van der Waals surface area (Å²) < 4.78 is 0. The Balaban J connectivity index is 1.35. The molecule has 0 bridgehead atoms. The Bertz CT molecular complexity index is 860. The van der Waals surface area contributed by atoms with Crippen molar-refractivity contribution in [3.8, 4) is 0 Å². The monoisotopic (exact) mass is 420 g/mol. The third-order valence-electron chi connectivity index (χ3n) is 5.80. The van der Waals surface area contributed by atoms with Gasteiger partial charge in [0.15, 0.2) is 0 Å². The predicted molar refractivity (Wildman–Crippen MR) is 122 cm³/mol. The third-order valence-corrected chi connectivity index (χ3v) is 5.80. The highest BCUT2D eigenvalue weighted by molar-refractivity contribution is 6.21. The van der Waals surface area contributed by atoms with Crippen LogP contribution >= 0.6 is 0 Å². The Hall–Kier alpha value is -2.95. The van der Waals surface area contributed by atoms with Crippen LogP contribution < -0.4 is 5.32 Å². The molecule has 3 rings (SSSR count). The minimum absolute atomic E-state index is 0.0717. The first-order valence-electron chi connectivity index (χ1n) is 11.4. The second-order valence-corrected chi connectivity index (χ2v) is 8.14. The Morgan fingerprint density at radius 3 is 2.10 bits per heavy atom. The van der Waals surface area contributed by atoms with Crippen molar-refractivity contribution in [3.05, 3.63) is 71.3 Å². The van der Waals surface area contributed by atoms with Crippen molar-refractivity contribution in [1.82, 2.24) is 10.2 Å². The quantitative estimate of drug-likeness (QED) is 0.375. The number of hydrogen-bond acceptors (Lipinski definition) is 3. The molecule has 0 saturated heterocycles. The number of fused-ring (bicyclic) bond motifs is 1. The highest BCUT2D eigenvalue weighted by Crippen LogP contribution is 2.23. The summed E-state index contributed by atoms with van der Waals surface area (Å²) in [6, 6.07) is 17.2. The molecule has 0 aromatic heterocycles. The lowest BCUT2D eigenvalue weighted by molar-refractivity contribution is -0.122. The summed E-state index contributed by atoms with van der Waals surface area (Å²) in [6.07, 6.45) is 7.00. The summed E-state index contributed by atoms with van der Waals surface area (Å²) in [5.41, 5.74) is 2.16. The first kappa shape index (κ1) is 22.7. The van der Waals surface area contributed by atoms with Crippen LogP contribution in [-0.2, 0) is 4.79 Å². The van der Waals surface area contributed by atoms with Crippen LogP contribution in [0.1, 0.15) is 90.6 Å². The van der Waals surface area contributed by atoms with E-state index in [2.05, 4.69) is 24.4 Å². The maximum absolute atomic E-state index is 12.4. The van der Waals surface area contributed by atoms with Crippen LogP contribution in [0.5, 0.6) is 0 Å². The van der Waals surface area contributed by atoms with E-state index >= 15 is 0 Å². The van der Waals surface area contributed by atoms with Gasteiger partial charge in [-0.05, 0) is 37.0 Å². The second-order valence-electron chi connectivity index (χ2n) is 8.14. The van der Waals surface area contributed by atoms with Gasteiger partial charge in [-0.25, -0.2) is 0 Å². The van der Waals surface area contributed by atoms with Crippen LogP contribution in [0.25, 0.3) is 0 Å². The zero-order chi connectivity index (χ0) is 22.1. The predicted octanol–water partition coefficient (Wildman–Crippen LogP) is 5.28. The number of carbonyl (C=O) groups is 3. The Labute approximate surface area is 184 Å². The van der Waals surface area contributed by atoms with Crippen LogP contribution in [0.3, 0.4) is 0 Å². The fourth-order valence-electron chi connectivity index (χ4n) is 4.03. The van der Waals surface area contributed by atoms with Crippen LogP contribution in [-0.4, -0.2) is 29.2 Å². The van der Waals surface area contributed by atoms with Gasteiger partial charge < -0.3 is 5.32 Å². The molecule has 0 saturated carbocycles. The molecular formula is C26H32N2O3. The molecule has 164 valence electrons. The zero-order valence-corrected chi connectivity index (χ0v) is 18.3. The Morgan fingerprint density at radius 1 is 0.839 bits per heavy atom. The van der Waals surface area contributed by atoms with Crippen LogP contribution in [0.4, 0.5) is 0 Å². The molecule has 2 aromatic carbocycles. The summed E-state index contributed by atoms with van der Waals surface area (Å²) in [6.45, 7) is 2.59. The average Bonchev–Trinajstić information content (AvgIpc) is 3.04. The van der Waals surface area contributed by atoms with Crippen LogP contribution in [0.2, 0.25) is 0 Å². The van der Waals surface area contributed by atoms with E-state index in [-0.39, 0.29) is 23.8 Å². The molecule has 0 unspecified atom stereocenters. The van der Waals surface area contributed by atoms with Crippen molar-refractivity contribution in [1.29, 1.82) is 0 Å². The number of rotatable bonds is 12. The summed E-state index contributed by atoms with van der Waals surface area (Å²) in [4.78, 5) is 38.5. The molecule has 0 fully saturated rings.